The van der Waals surface area contributed by atoms with Crippen molar-refractivity contribution in [3.05, 3.63) is 5.89 Å². The van der Waals surface area contributed by atoms with Crippen LogP contribution in [0, 0.1) is 5.92 Å². The van der Waals surface area contributed by atoms with Gasteiger partial charge in [0.1, 0.15) is 0 Å². The maximum Gasteiger partial charge on any atom is 0.312 e. The number of nitrogens with two attached hydrogens (primary N) is 1. The highest BCUT2D eigenvalue weighted by molar-refractivity contribution is 5.05. The summed E-state index contributed by atoms with van der Waals surface area (Å²) >= 11 is 0. The monoisotopic (exact) mass is 182 g/mol. The molecule has 72 valence electrons. The average Bonchev–Trinajstić information content (AvgIpc) is 2.53. The molecule has 1 aliphatic rings. The largest absolute Gasteiger partial charge is 0.408 e. The lowest BCUT2D eigenvalue weighted by Crippen LogP contribution is -2.30. The molecule has 1 fully saturated rings. The molecule has 1 aromatic rings. The molecule has 2 rings (SSSR count). The molecular weight excluding hydrogens is 168 g/mol. The Morgan fingerprint density at radius 2 is 2.46 bits per heavy atom. The smallest absolute Gasteiger partial charge is 0.312 e. The number of hydrogen-bond donors (Lipinski definition) is 2. The zero-order chi connectivity index (χ0) is 9.10. The fraction of sp³-hybridized carbons (Fsp3) is 0.750. The predicted octanol–water partition coefficient (Wildman–Crippen LogP) is 0.194. The summed E-state index contributed by atoms with van der Waals surface area (Å²) in [5, 5.41) is 10.8. The SMILES string of the molecule is Nc1nnc(CC2CCCNC2)o1. The van der Waals surface area contributed by atoms with Gasteiger partial charge in [0.15, 0.2) is 0 Å². The van der Waals surface area contributed by atoms with E-state index in [1.807, 2.05) is 0 Å². The molecule has 1 aromatic heterocycles. The van der Waals surface area contributed by atoms with Gasteiger partial charge in [-0.25, -0.2) is 0 Å². The van der Waals surface area contributed by atoms with Gasteiger partial charge >= 0.3 is 6.01 Å². The number of anilines is 1. The Labute approximate surface area is 76.7 Å². The standard InChI is InChI=1S/C8H14N4O/c9-8-12-11-7(13-8)4-6-2-1-3-10-5-6/h6,10H,1-5H2,(H2,9,12). The van der Waals surface area contributed by atoms with Crippen molar-refractivity contribution in [1.29, 1.82) is 0 Å². The first kappa shape index (κ1) is 8.50. The molecule has 0 aliphatic carbocycles. The molecule has 0 radical (unpaired) electrons. The lowest BCUT2D eigenvalue weighted by Gasteiger charge is -2.20. The number of nitrogens with one attached hydrogen (secondary N) is 1. The van der Waals surface area contributed by atoms with Crippen LogP contribution in [0.25, 0.3) is 0 Å². The van der Waals surface area contributed by atoms with Crippen molar-refractivity contribution in [2.45, 2.75) is 19.3 Å². The third-order valence-electron chi connectivity index (χ3n) is 2.34. The van der Waals surface area contributed by atoms with Gasteiger partial charge in [-0.05, 0) is 31.8 Å². The fourth-order valence-electron chi connectivity index (χ4n) is 1.69. The second kappa shape index (κ2) is 3.74. The van der Waals surface area contributed by atoms with Crippen LogP contribution in [0.2, 0.25) is 0 Å². The van der Waals surface area contributed by atoms with Gasteiger partial charge in [-0.15, -0.1) is 5.10 Å². The predicted molar refractivity (Wildman–Crippen MR) is 48.0 cm³/mol. The summed E-state index contributed by atoms with van der Waals surface area (Å²) in [6, 6.07) is 0.166. The normalized spacial score (nSPS) is 23.2. The minimum Gasteiger partial charge on any atom is -0.408 e. The van der Waals surface area contributed by atoms with Crippen molar-refractivity contribution in [3.63, 3.8) is 0 Å². The molecule has 2 heterocycles. The summed E-state index contributed by atoms with van der Waals surface area (Å²) < 4.78 is 5.11. The van der Waals surface area contributed by atoms with Crippen LogP contribution in [0.4, 0.5) is 6.01 Å². The van der Waals surface area contributed by atoms with E-state index in [1.165, 1.54) is 12.8 Å². The third kappa shape index (κ3) is 2.18. The minimum atomic E-state index is 0.166. The molecule has 1 saturated heterocycles. The van der Waals surface area contributed by atoms with Crippen molar-refractivity contribution in [1.82, 2.24) is 15.5 Å². The molecule has 1 atom stereocenters. The Morgan fingerprint density at radius 3 is 3.08 bits per heavy atom. The molecule has 5 heteroatoms. The summed E-state index contributed by atoms with van der Waals surface area (Å²) in [5.74, 6) is 1.28. The molecule has 3 N–H and O–H groups in total. The van der Waals surface area contributed by atoms with Gasteiger partial charge in [0.25, 0.3) is 0 Å². The van der Waals surface area contributed by atoms with Crippen molar-refractivity contribution in [2.24, 2.45) is 5.92 Å². The van der Waals surface area contributed by atoms with E-state index in [1.54, 1.807) is 0 Å². The maximum atomic E-state index is 5.33. The Kier molecular flexibility index (Phi) is 2.44. The Morgan fingerprint density at radius 1 is 1.54 bits per heavy atom. The van der Waals surface area contributed by atoms with E-state index in [2.05, 4.69) is 15.5 Å². The van der Waals surface area contributed by atoms with E-state index in [-0.39, 0.29) is 6.01 Å². The fourth-order valence-corrected chi connectivity index (χ4v) is 1.69. The minimum absolute atomic E-state index is 0.166. The molecule has 5 nitrogen and oxygen atoms in total. The van der Waals surface area contributed by atoms with Gasteiger partial charge in [-0.3, -0.25) is 0 Å². The Bertz CT molecular complexity index is 267. The van der Waals surface area contributed by atoms with Gasteiger partial charge in [0.2, 0.25) is 5.89 Å². The zero-order valence-corrected chi connectivity index (χ0v) is 7.49. The van der Waals surface area contributed by atoms with Crippen LogP contribution in [-0.4, -0.2) is 23.3 Å². The number of piperidine rings is 1. The van der Waals surface area contributed by atoms with Crippen LogP contribution in [0.15, 0.2) is 4.42 Å². The van der Waals surface area contributed by atoms with Gasteiger partial charge < -0.3 is 15.5 Å². The van der Waals surface area contributed by atoms with Crippen LogP contribution < -0.4 is 11.1 Å². The number of hydrogen-bond acceptors (Lipinski definition) is 5. The topological polar surface area (TPSA) is 77.0 Å². The summed E-state index contributed by atoms with van der Waals surface area (Å²) in [5.41, 5.74) is 5.33. The summed E-state index contributed by atoms with van der Waals surface area (Å²) in [4.78, 5) is 0. The number of nitrogen functional groups attached to an aromatic ring is 1. The molecule has 0 bridgehead atoms. The maximum absolute atomic E-state index is 5.33. The van der Waals surface area contributed by atoms with Crippen molar-refractivity contribution >= 4 is 6.01 Å². The van der Waals surface area contributed by atoms with Crippen LogP contribution >= 0.6 is 0 Å². The quantitative estimate of drug-likeness (QED) is 0.683. The van der Waals surface area contributed by atoms with Crippen LogP contribution in [0.3, 0.4) is 0 Å². The lowest BCUT2D eigenvalue weighted by atomic mass is 9.96. The first-order chi connectivity index (χ1) is 6.34. The molecule has 1 unspecified atom stereocenters. The summed E-state index contributed by atoms with van der Waals surface area (Å²) in [6.07, 6.45) is 3.31. The van der Waals surface area contributed by atoms with Gasteiger partial charge in [-0.1, -0.05) is 5.10 Å². The highest BCUT2D eigenvalue weighted by Crippen LogP contribution is 2.15. The molecule has 0 amide bonds. The first-order valence-corrected chi connectivity index (χ1v) is 4.63. The van der Waals surface area contributed by atoms with Crippen molar-refractivity contribution < 1.29 is 4.42 Å². The molecule has 1 aliphatic heterocycles. The highest BCUT2D eigenvalue weighted by Gasteiger charge is 2.16. The lowest BCUT2D eigenvalue weighted by molar-refractivity contribution is 0.347. The molecule has 0 aromatic carbocycles. The highest BCUT2D eigenvalue weighted by atomic mass is 16.4. The summed E-state index contributed by atoms with van der Waals surface area (Å²) in [7, 11) is 0. The van der Waals surface area contributed by atoms with Crippen LogP contribution in [0.1, 0.15) is 18.7 Å². The Hall–Kier alpha value is -1.10. The average molecular weight is 182 g/mol. The van der Waals surface area contributed by atoms with Crippen molar-refractivity contribution in [3.8, 4) is 0 Å². The van der Waals surface area contributed by atoms with Crippen LogP contribution in [0.5, 0.6) is 0 Å². The summed E-state index contributed by atoms with van der Waals surface area (Å²) in [6.45, 7) is 2.17. The first-order valence-electron chi connectivity index (χ1n) is 4.63. The molecule has 0 spiro atoms. The van der Waals surface area contributed by atoms with Gasteiger partial charge in [0.05, 0.1) is 0 Å². The second-order valence-corrected chi connectivity index (χ2v) is 3.45. The van der Waals surface area contributed by atoms with E-state index in [9.17, 15) is 0 Å². The van der Waals surface area contributed by atoms with E-state index in [0.29, 0.717) is 11.8 Å². The van der Waals surface area contributed by atoms with E-state index < -0.39 is 0 Å². The Balaban J connectivity index is 1.89. The third-order valence-corrected chi connectivity index (χ3v) is 2.34. The molecule has 13 heavy (non-hydrogen) atoms. The number of aromatic nitrogens is 2. The zero-order valence-electron chi connectivity index (χ0n) is 7.49. The van der Waals surface area contributed by atoms with E-state index >= 15 is 0 Å². The van der Waals surface area contributed by atoms with Gasteiger partial charge in [0, 0.05) is 6.42 Å². The second-order valence-electron chi connectivity index (χ2n) is 3.45. The van der Waals surface area contributed by atoms with E-state index in [4.69, 9.17) is 10.2 Å². The molecule has 0 saturated carbocycles. The number of nitrogens with zero attached hydrogens (tertiary/aromatic N) is 2. The van der Waals surface area contributed by atoms with Crippen LogP contribution in [-0.2, 0) is 6.42 Å². The van der Waals surface area contributed by atoms with E-state index in [0.717, 1.165) is 19.5 Å². The van der Waals surface area contributed by atoms with Crippen molar-refractivity contribution in [2.75, 3.05) is 18.8 Å². The molecular formula is C8H14N4O. The van der Waals surface area contributed by atoms with Gasteiger partial charge in [-0.2, -0.15) is 0 Å². The number of rotatable bonds is 2.